The molecule has 2 heterocycles. The fourth-order valence-corrected chi connectivity index (χ4v) is 3.78. The summed E-state index contributed by atoms with van der Waals surface area (Å²) in [5.74, 6) is 0.757. The molecule has 0 unspecified atom stereocenters. The molecule has 4 rings (SSSR count). The zero-order valence-electron chi connectivity index (χ0n) is 15.9. The van der Waals surface area contributed by atoms with Crippen LogP contribution in [0.1, 0.15) is 42.5 Å². The van der Waals surface area contributed by atoms with Crippen LogP contribution >= 0.6 is 0 Å². The van der Waals surface area contributed by atoms with E-state index in [-0.39, 0.29) is 11.8 Å². The lowest BCUT2D eigenvalue weighted by Crippen LogP contribution is -2.34. The molecule has 146 valence electrons. The summed E-state index contributed by atoms with van der Waals surface area (Å²) in [7, 11) is 0. The van der Waals surface area contributed by atoms with Crippen LogP contribution in [-0.4, -0.2) is 52.6 Å². The Morgan fingerprint density at radius 1 is 1.04 bits per heavy atom. The predicted molar refractivity (Wildman–Crippen MR) is 107 cm³/mol. The molecule has 1 aliphatic carbocycles. The van der Waals surface area contributed by atoms with Crippen molar-refractivity contribution in [2.24, 2.45) is 0 Å². The highest BCUT2D eigenvalue weighted by atomic mass is 16.2. The van der Waals surface area contributed by atoms with Gasteiger partial charge in [0.2, 0.25) is 5.91 Å². The van der Waals surface area contributed by atoms with Gasteiger partial charge in [0, 0.05) is 43.2 Å². The Morgan fingerprint density at radius 3 is 2.54 bits per heavy atom. The number of amides is 2. The second kappa shape index (κ2) is 8.37. The third-order valence-corrected chi connectivity index (χ3v) is 5.40. The Kier molecular flexibility index (Phi) is 5.50. The minimum Gasteiger partial charge on any atom is -0.366 e. The largest absolute Gasteiger partial charge is 0.366 e. The predicted octanol–water partition coefficient (Wildman–Crippen LogP) is 2.46. The Bertz CT molecular complexity index is 829. The lowest BCUT2D eigenvalue weighted by atomic mass is 10.1. The van der Waals surface area contributed by atoms with Gasteiger partial charge in [-0.3, -0.25) is 9.59 Å². The van der Waals surface area contributed by atoms with Crippen LogP contribution < -0.4 is 10.6 Å². The molecule has 0 bridgehead atoms. The zero-order chi connectivity index (χ0) is 19.3. The van der Waals surface area contributed by atoms with Crippen molar-refractivity contribution in [1.29, 1.82) is 0 Å². The van der Waals surface area contributed by atoms with Gasteiger partial charge in [-0.15, -0.1) is 10.2 Å². The van der Waals surface area contributed by atoms with Gasteiger partial charge in [-0.25, -0.2) is 0 Å². The molecular formula is C21H25N5O2. The van der Waals surface area contributed by atoms with Crippen LogP contribution in [0.25, 0.3) is 11.3 Å². The summed E-state index contributed by atoms with van der Waals surface area (Å²) < 4.78 is 0. The van der Waals surface area contributed by atoms with Crippen LogP contribution in [0.3, 0.4) is 0 Å². The lowest BCUT2D eigenvalue weighted by Gasteiger charge is -2.19. The second-order valence-corrected chi connectivity index (χ2v) is 7.40. The van der Waals surface area contributed by atoms with E-state index in [0.29, 0.717) is 37.7 Å². The van der Waals surface area contributed by atoms with Crippen molar-refractivity contribution < 1.29 is 9.59 Å². The molecule has 1 saturated carbocycles. The second-order valence-electron chi connectivity index (χ2n) is 7.40. The molecule has 0 spiro atoms. The standard InChI is InChI=1S/C21H25N5O2/c27-20-11-13-26(14-12-22-20)21(28)16-7-5-15(6-8-16)18-9-10-19(25-24-18)23-17-3-1-2-4-17/h5-10,17H,1-4,11-14H2,(H,22,27)(H,23,25). The third kappa shape index (κ3) is 4.30. The average Bonchev–Trinajstić information content (AvgIpc) is 3.14. The average molecular weight is 379 g/mol. The number of hydrogen-bond donors (Lipinski definition) is 2. The van der Waals surface area contributed by atoms with Crippen molar-refractivity contribution in [3.05, 3.63) is 42.0 Å². The molecule has 28 heavy (non-hydrogen) atoms. The smallest absolute Gasteiger partial charge is 0.253 e. The normalized spacial score (nSPS) is 17.9. The van der Waals surface area contributed by atoms with Crippen LogP contribution in [0.5, 0.6) is 0 Å². The Labute approximate surface area is 164 Å². The van der Waals surface area contributed by atoms with Gasteiger partial charge in [0.05, 0.1) is 5.69 Å². The lowest BCUT2D eigenvalue weighted by molar-refractivity contribution is -0.120. The van der Waals surface area contributed by atoms with Crippen molar-refractivity contribution in [1.82, 2.24) is 20.4 Å². The first-order chi connectivity index (χ1) is 13.7. The minimum atomic E-state index is -0.0507. The Morgan fingerprint density at radius 2 is 1.82 bits per heavy atom. The molecule has 2 fully saturated rings. The van der Waals surface area contributed by atoms with Crippen molar-refractivity contribution >= 4 is 17.6 Å². The first-order valence-electron chi connectivity index (χ1n) is 9.96. The van der Waals surface area contributed by atoms with Gasteiger partial charge in [-0.1, -0.05) is 25.0 Å². The molecule has 2 N–H and O–H groups in total. The summed E-state index contributed by atoms with van der Waals surface area (Å²) in [5, 5.41) is 14.8. The van der Waals surface area contributed by atoms with Crippen molar-refractivity contribution in [3.63, 3.8) is 0 Å². The van der Waals surface area contributed by atoms with Gasteiger partial charge in [-0.2, -0.15) is 0 Å². The molecule has 1 aromatic heterocycles. The number of rotatable bonds is 4. The minimum absolute atomic E-state index is 0.00455. The van der Waals surface area contributed by atoms with E-state index in [4.69, 9.17) is 0 Å². The maximum absolute atomic E-state index is 12.7. The van der Waals surface area contributed by atoms with E-state index >= 15 is 0 Å². The van der Waals surface area contributed by atoms with E-state index in [2.05, 4.69) is 20.8 Å². The molecule has 7 heteroatoms. The van der Waals surface area contributed by atoms with E-state index < -0.39 is 0 Å². The molecule has 0 radical (unpaired) electrons. The molecule has 2 aliphatic rings. The zero-order valence-corrected chi connectivity index (χ0v) is 15.9. The molecule has 1 aromatic carbocycles. The van der Waals surface area contributed by atoms with E-state index in [0.717, 1.165) is 17.1 Å². The first-order valence-corrected chi connectivity index (χ1v) is 9.96. The molecule has 1 saturated heterocycles. The maximum atomic E-state index is 12.7. The van der Waals surface area contributed by atoms with Crippen molar-refractivity contribution in [2.45, 2.75) is 38.1 Å². The van der Waals surface area contributed by atoms with Crippen molar-refractivity contribution in [2.75, 3.05) is 25.0 Å². The molecular weight excluding hydrogens is 354 g/mol. The number of nitrogens with one attached hydrogen (secondary N) is 2. The quantitative estimate of drug-likeness (QED) is 0.852. The number of hydrogen-bond acceptors (Lipinski definition) is 5. The molecule has 1 aliphatic heterocycles. The fraction of sp³-hybridized carbons (Fsp3) is 0.429. The number of anilines is 1. The Hall–Kier alpha value is -2.96. The SMILES string of the molecule is O=C1CCN(C(=O)c2ccc(-c3ccc(NC4CCCC4)nn3)cc2)CCN1. The molecule has 2 amide bonds. The number of aromatic nitrogens is 2. The number of benzene rings is 1. The van der Waals surface area contributed by atoms with E-state index in [1.165, 1.54) is 25.7 Å². The van der Waals surface area contributed by atoms with Gasteiger partial charge in [0.1, 0.15) is 5.82 Å². The summed E-state index contributed by atoms with van der Waals surface area (Å²) in [6.07, 6.45) is 5.29. The van der Waals surface area contributed by atoms with Crippen LogP contribution in [0.15, 0.2) is 36.4 Å². The first kappa shape index (κ1) is 18.4. The van der Waals surface area contributed by atoms with Gasteiger partial charge >= 0.3 is 0 Å². The number of carbonyl (C=O) groups is 2. The van der Waals surface area contributed by atoms with E-state index in [1.807, 2.05) is 36.4 Å². The summed E-state index contributed by atoms with van der Waals surface area (Å²) in [5.41, 5.74) is 2.32. The fourth-order valence-electron chi connectivity index (χ4n) is 3.78. The van der Waals surface area contributed by atoms with Crippen LogP contribution in [0, 0.1) is 0 Å². The summed E-state index contributed by atoms with van der Waals surface area (Å²) >= 11 is 0. The highest BCUT2D eigenvalue weighted by Gasteiger charge is 2.20. The third-order valence-electron chi connectivity index (χ3n) is 5.40. The van der Waals surface area contributed by atoms with Gasteiger partial charge in [0.15, 0.2) is 0 Å². The van der Waals surface area contributed by atoms with Crippen LogP contribution in [0.4, 0.5) is 5.82 Å². The molecule has 7 nitrogen and oxygen atoms in total. The van der Waals surface area contributed by atoms with Gasteiger partial charge in [0.25, 0.3) is 5.91 Å². The highest BCUT2D eigenvalue weighted by molar-refractivity contribution is 5.95. The summed E-state index contributed by atoms with van der Waals surface area (Å²) in [6.45, 7) is 1.49. The summed E-state index contributed by atoms with van der Waals surface area (Å²) in [6, 6.07) is 11.8. The van der Waals surface area contributed by atoms with Crippen LogP contribution in [-0.2, 0) is 4.79 Å². The monoisotopic (exact) mass is 379 g/mol. The van der Waals surface area contributed by atoms with E-state index in [9.17, 15) is 9.59 Å². The highest BCUT2D eigenvalue weighted by Crippen LogP contribution is 2.23. The van der Waals surface area contributed by atoms with Crippen molar-refractivity contribution in [3.8, 4) is 11.3 Å². The number of carbonyl (C=O) groups excluding carboxylic acids is 2. The van der Waals surface area contributed by atoms with Crippen LogP contribution in [0.2, 0.25) is 0 Å². The molecule has 2 aromatic rings. The molecule has 0 atom stereocenters. The van der Waals surface area contributed by atoms with Gasteiger partial charge < -0.3 is 15.5 Å². The van der Waals surface area contributed by atoms with Gasteiger partial charge in [-0.05, 0) is 37.1 Å². The van der Waals surface area contributed by atoms with E-state index in [1.54, 1.807) is 4.90 Å². The number of nitrogens with zero attached hydrogens (tertiary/aromatic N) is 3. The topological polar surface area (TPSA) is 87.2 Å². The Balaban J connectivity index is 1.41. The maximum Gasteiger partial charge on any atom is 0.253 e. The summed E-state index contributed by atoms with van der Waals surface area (Å²) in [4.78, 5) is 25.8.